The molecule has 1 N–H and O–H groups in total. The fourth-order valence-electron chi connectivity index (χ4n) is 3.52. The van der Waals surface area contributed by atoms with E-state index in [0.717, 1.165) is 18.2 Å². The number of halogens is 4. The summed E-state index contributed by atoms with van der Waals surface area (Å²) in [7, 11) is 1.50. The quantitative estimate of drug-likeness (QED) is 0.619. The van der Waals surface area contributed by atoms with Crippen LogP contribution in [0.5, 0.6) is 0 Å². The van der Waals surface area contributed by atoms with Gasteiger partial charge in [0.15, 0.2) is 11.6 Å². The van der Waals surface area contributed by atoms with Crippen molar-refractivity contribution in [1.29, 1.82) is 0 Å². The first-order valence-corrected chi connectivity index (χ1v) is 9.41. The number of amides is 1. The van der Waals surface area contributed by atoms with Gasteiger partial charge in [0, 0.05) is 23.9 Å². The third-order valence-corrected chi connectivity index (χ3v) is 5.64. The second-order valence-corrected chi connectivity index (χ2v) is 7.59. The zero-order chi connectivity index (χ0) is 20.9. The number of fused-ring (bicyclic) bond motifs is 3. The first-order chi connectivity index (χ1) is 13.8. The van der Waals surface area contributed by atoms with Crippen molar-refractivity contribution >= 4 is 32.6 Å². The molecule has 1 atom stereocenters. The molecule has 4 rings (SSSR count). The van der Waals surface area contributed by atoms with Crippen LogP contribution in [-0.2, 0) is 11.3 Å². The van der Waals surface area contributed by atoms with Crippen molar-refractivity contribution in [2.75, 3.05) is 13.7 Å². The number of carbonyl (C=O) groups excluding carboxylic acids is 1. The van der Waals surface area contributed by atoms with Gasteiger partial charge in [-0.25, -0.2) is 13.2 Å². The predicted molar refractivity (Wildman–Crippen MR) is 103 cm³/mol. The van der Waals surface area contributed by atoms with Crippen LogP contribution >= 0.6 is 15.9 Å². The highest BCUT2D eigenvalue weighted by atomic mass is 79.9. The van der Waals surface area contributed by atoms with Crippen LogP contribution in [0.3, 0.4) is 0 Å². The van der Waals surface area contributed by atoms with Gasteiger partial charge >= 0.3 is 0 Å². The summed E-state index contributed by atoms with van der Waals surface area (Å²) in [4.78, 5) is 29.2. The molecule has 2 aromatic carbocycles. The van der Waals surface area contributed by atoms with Crippen molar-refractivity contribution in [3.63, 3.8) is 0 Å². The number of H-pyrrole nitrogens is 1. The summed E-state index contributed by atoms with van der Waals surface area (Å²) in [5, 5.41) is 0.183. The smallest absolute Gasteiger partial charge is 0.256 e. The summed E-state index contributed by atoms with van der Waals surface area (Å²) in [6, 6.07) is 5.09. The molecule has 0 aliphatic carbocycles. The van der Waals surface area contributed by atoms with Gasteiger partial charge in [-0.2, -0.15) is 0 Å². The van der Waals surface area contributed by atoms with Gasteiger partial charge in [0.25, 0.3) is 11.5 Å². The molecule has 29 heavy (non-hydrogen) atoms. The van der Waals surface area contributed by atoms with E-state index in [-0.39, 0.29) is 34.0 Å². The number of ether oxygens (including phenoxy) is 1. The topological polar surface area (TPSA) is 62.4 Å². The van der Waals surface area contributed by atoms with E-state index in [1.807, 2.05) is 0 Å². The Labute approximate surface area is 171 Å². The highest BCUT2D eigenvalue weighted by Gasteiger charge is 2.31. The molecule has 0 bridgehead atoms. The fourth-order valence-corrected chi connectivity index (χ4v) is 3.77. The lowest BCUT2D eigenvalue weighted by molar-refractivity contribution is 0.0335. The maximum absolute atomic E-state index is 13.9. The Morgan fingerprint density at radius 3 is 2.52 bits per heavy atom. The molecule has 9 heteroatoms. The van der Waals surface area contributed by atoms with Crippen LogP contribution in [0.15, 0.2) is 39.6 Å². The molecule has 5 nitrogen and oxygen atoms in total. The molecule has 1 aromatic heterocycles. The van der Waals surface area contributed by atoms with Crippen molar-refractivity contribution in [2.45, 2.75) is 12.6 Å². The Kier molecular flexibility index (Phi) is 4.95. The molecule has 3 aromatic rings. The van der Waals surface area contributed by atoms with E-state index >= 15 is 0 Å². The minimum absolute atomic E-state index is 0.0231. The number of aromatic amines is 1. The number of likely N-dealkylation sites (N-methyl/N-ethyl adjacent to an activating group) is 1. The minimum atomic E-state index is -1.14. The Morgan fingerprint density at radius 2 is 1.83 bits per heavy atom. The first kappa shape index (κ1) is 19.7. The molecule has 0 spiro atoms. The Bertz CT molecular complexity index is 1210. The summed E-state index contributed by atoms with van der Waals surface area (Å²) in [6.07, 6.45) is 0. The van der Waals surface area contributed by atoms with Gasteiger partial charge in [-0.1, -0.05) is 0 Å². The summed E-state index contributed by atoms with van der Waals surface area (Å²) in [5.74, 6) is -3.31. The van der Waals surface area contributed by atoms with Crippen LogP contribution in [0.25, 0.3) is 10.8 Å². The lowest BCUT2D eigenvalue weighted by atomic mass is 9.95. The van der Waals surface area contributed by atoms with Crippen molar-refractivity contribution < 1.29 is 22.7 Å². The minimum Gasteiger partial charge on any atom is -0.373 e. The molecule has 1 amide bonds. The van der Waals surface area contributed by atoms with E-state index < -0.39 is 35.0 Å². The normalized spacial score (nSPS) is 16.0. The van der Waals surface area contributed by atoms with Crippen molar-refractivity contribution in [2.24, 2.45) is 0 Å². The maximum atomic E-state index is 13.9. The molecule has 0 saturated heterocycles. The summed E-state index contributed by atoms with van der Waals surface area (Å²) in [5.41, 5.74) is 0.390. The Hall–Kier alpha value is -2.65. The van der Waals surface area contributed by atoms with Gasteiger partial charge in [-0.15, -0.1) is 0 Å². The summed E-state index contributed by atoms with van der Waals surface area (Å²) in [6.45, 7) is 0.138. The number of nitrogens with one attached hydrogen (secondary N) is 1. The van der Waals surface area contributed by atoms with Gasteiger partial charge in [-0.05, 0) is 51.6 Å². The van der Waals surface area contributed by atoms with E-state index in [9.17, 15) is 22.8 Å². The van der Waals surface area contributed by atoms with Crippen molar-refractivity contribution in [1.82, 2.24) is 9.88 Å². The van der Waals surface area contributed by atoms with Crippen LogP contribution in [0.2, 0.25) is 0 Å². The van der Waals surface area contributed by atoms with Crippen molar-refractivity contribution in [3.8, 4) is 0 Å². The van der Waals surface area contributed by atoms with Gasteiger partial charge in [0.2, 0.25) is 0 Å². The van der Waals surface area contributed by atoms with Gasteiger partial charge < -0.3 is 14.6 Å². The molecule has 0 radical (unpaired) electrons. The Balaban J connectivity index is 1.84. The Morgan fingerprint density at radius 1 is 1.14 bits per heavy atom. The number of hydrogen-bond donors (Lipinski definition) is 1. The number of nitrogens with zero attached hydrogens (tertiary/aromatic N) is 1. The first-order valence-electron chi connectivity index (χ1n) is 8.61. The lowest BCUT2D eigenvalue weighted by Crippen LogP contribution is -2.37. The summed E-state index contributed by atoms with van der Waals surface area (Å²) >= 11 is 3.04. The molecular formula is C20H14BrF3N2O3. The fraction of sp³-hybridized carbons (Fsp3) is 0.200. The molecule has 0 saturated carbocycles. The van der Waals surface area contributed by atoms with Gasteiger partial charge in [-0.3, -0.25) is 9.59 Å². The highest BCUT2D eigenvalue weighted by molar-refractivity contribution is 9.10. The van der Waals surface area contributed by atoms with E-state index in [2.05, 4.69) is 20.9 Å². The van der Waals surface area contributed by atoms with E-state index in [1.165, 1.54) is 24.1 Å². The average Bonchev–Trinajstić information content (AvgIpc) is 2.70. The molecule has 0 unspecified atom stereocenters. The van der Waals surface area contributed by atoms with Crippen LogP contribution in [0, 0.1) is 17.5 Å². The third kappa shape index (κ3) is 3.34. The molecular weight excluding hydrogens is 453 g/mol. The largest absolute Gasteiger partial charge is 0.373 e. The van der Waals surface area contributed by atoms with Crippen LogP contribution in [0.1, 0.15) is 27.7 Å². The van der Waals surface area contributed by atoms with Crippen LogP contribution in [-0.4, -0.2) is 29.4 Å². The number of hydrogen-bond acceptors (Lipinski definition) is 3. The monoisotopic (exact) mass is 466 g/mol. The summed E-state index contributed by atoms with van der Waals surface area (Å²) < 4.78 is 47.2. The zero-order valence-corrected chi connectivity index (χ0v) is 16.6. The maximum Gasteiger partial charge on any atom is 0.256 e. The van der Waals surface area contributed by atoms with Crippen LogP contribution < -0.4 is 5.56 Å². The third-order valence-electron chi connectivity index (χ3n) is 4.99. The number of benzene rings is 2. The van der Waals surface area contributed by atoms with Crippen LogP contribution in [0.4, 0.5) is 13.2 Å². The lowest BCUT2D eigenvalue weighted by Gasteiger charge is -2.34. The van der Waals surface area contributed by atoms with E-state index in [0.29, 0.717) is 11.3 Å². The van der Waals surface area contributed by atoms with Gasteiger partial charge in [0.1, 0.15) is 5.82 Å². The number of pyridine rings is 1. The molecule has 1 aliphatic heterocycles. The second-order valence-electron chi connectivity index (χ2n) is 6.73. The van der Waals surface area contributed by atoms with E-state index in [4.69, 9.17) is 4.74 Å². The molecule has 2 heterocycles. The van der Waals surface area contributed by atoms with Gasteiger partial charge in [0.05, 0.1) is 29.1 Å². The average molecular weight is 467 g/mol. The zero-order valence-electron chi connectivity index (χ0n) is 15.1. The standard InChI is InChI=1S/C20H14BrF3N2O3/c1-26(20(28)9-2-3-12(21)13(22)4-9)17-8-29-7-16-18(17)10-5-14(23)15(24)6-11(10)19(27)25-16/h2-6,17H,7-8H2,1H3,(H,25,27)/t17-/m1/s1. The highest BCUT2D eigenvalue weighted by Crippen LogP contribution is 2.34. The molecule has 0 fully saturated rings. The van der Waals surface area contributed by atoms with E-state index in [1.54, 1.807) is 0 Å². The van der Waals surface area contributed by atoms with Crippen molar-refractivity contribution in [3.05, 3.63) is 79.4 Å². The SMILES string of the molecule is CN(C(=O)c1ccc(Br)c(F)c1)[C@@H]1COCc2[nH]c(=O)c3cc(F)c(F)cc3c21. The molecule has 1 aliphatic rings. The molecule has 150 valence electrons. The second kappa shape index (κ2) is 7.31. The predicted octanol–water partition coefficient (Wildman–Crippen LogP) is 4.05. The number of rotatable bonds is 2. The number of carbonyl (C=O) groups is 1. The number of aromatic nitrogens is 1.